The van der Waals surface area contributed by atoms with E-state index in [1.54, 1.807) is 17.6 Å². The highest BCUT2D eigenvalue weighted by Gasteiger charge is 2.39. The smallest absolute Gasteiger partial charge is 0.471 e. The largest absolute Gasteiger partial charge is 0.492 e. The van der Waals surface area contributed by atoms with Crippen LogP contribution in [0.3, 0.4) is 0 Å². The molecule has 6 aromatic rings. The Morgan fingerprint density at radius 1 is 0.526 bits per heavy atom. The highest BCUT2D eigenvalue weighted by molar-refractivity contribution is 6.34. The number of aryl methyl sites for hydroxylation is 1. The fourth-order valence-electron chi connectivity index (χ4n) is 7.62. The van der Waals surface area contributed by atoms with Crippen molar-refractivity contribution in [1.29, 1.82) is 0 Å². The SMILES string of the molecule is Cc1ccc(NC(=O)C(F)(F)F)cc1C(=O)Nc1cnc(Nc2cccc(OCCN3CCCC3)c2)nc1.O=C(Nc1cnc(Nc2cccc(OCCN3CCCC3)c2)nc1)c1cc(NC(=O)C(F)(F)F)ccc1Cl. The number of aromatic nitrogens is 4. The molecule has 76 heavy (non-hydrogen) atoms. The zero-order valence-electron chi connectivity index (χ0n) is 40.7. The van der Waals surface area contributed by atoms with Gasteiger partial charge >= 0.3 is 24.2 Å². The molecule has 6 N–H and O–H groups in total. The predicted molar refractivity (Wildman–Crippen MR) is 274 cm³/mol. The van der Waals surface area contributed by atoms with E-state index >= 15 is 0 Å². The van der Waals surface area contributed by atoms with Crippen molar-refractivity contribution in [1.82, 2.24) is 29.7 Å². The first kappa shape index (κ1) is 55.7. The van der Waals surface area contributed by atoms with E-state index in [1.807, 2.05) is 48.5 Å². The Bertz CT molecular complexity index is 2760. The van der Waals surface area contributed by atoms with Crippen LogP contribution in [0.4, 0.5) is 72.4 Å². The molecular weight excluding hydrogens is 1030 g/mol. The maximum absolute atomic E-state index is 12.7. The fourth-order valence-corrected chi connectivity index (χ4v) is 7.82. The third kappa shape index (κ3) is 17.0. The molecule has 2 aliphatic rings. The number of likely N-dealkylation sites (tertiary alicyclic amines) is 2. The zero-order chi connectivity index (χ0) is 54.2. The Morgan fingerprint density at radius 3 is 1.37 bits per heavy atom. The summed E-state index contributed by atoms with van der Waals surface area (Å²) in [5, 5.41) is 14.7. The summed E-state index contributed by atoms with van der Waals surface area (Å²) in [6.45, 7) is 9.04. The van der Waals surface area contributed by atoms with Gasteiger partial charge in [-0.15, -0.1) is 0 Å². The molecule has 0 saturated carbocycles. The van der Waals surface area contributed by atoms with Gasteiger partial charge in [0.1, 0.15) is 24.7 Å². The molecule has 4 aromatic carbocycles. The molecule has 2 saturated heterocycles. The molecule has 2 fully saturated rings. The Hall–Kier alpha value is -8.09. The molecule has 0 radical (unpaired) electrons. The lowest BCUT2D eigenvalue weighted by Gasteiger charge is -2.15. The van der Waals surface area contributed by atoms with Crippen LogP contribution in [0, 0.1) is 6.92 Å². The topological polar surface area (TPSA) is 217 Å². The van der Waals surface area contributed by atoms with E-state index in [9.17, 15) is 45.5 Å². The third-order valence-electron chi connectivity index (χ3n) is 11.5. The normalized spacial score (nSPS) is 13.7. The number of amides is 4. The number of halogens is 7. The highest BCUT2D eigenvalue weighted by Crippen LogP contribution is 2.27. The van der Waals surface area contributed by atoms with Gasteiger partial charge in [-0.2, -0.15) is 26.3 Å². The molecule has 2 aromatic heterocycles. The molecule has 8 rings (SSSR count). The average Bonchev–Trinajstić information content (AvgIpc) is 4.12. The molecule has 0 unspecified atom stereocenters. The number of nitrogens with zero attached hydrogens (tertiary/aromatic N) is 6. The lowest BCUT2D eigenvalue weighted by molar-refractivity contribution is -0.167. The highest BCUT2D eigenvalue weighted by atomic mass is 35.5. The van der Waals surface area contributed by atoms with Gasteiger partial charge in [-0.25, -0.2) is 19.9 Å². The second kappa shape index (κ2) is 25.9. The second-order valence-corrected chi connectivity index (χ2v) is 17.6. The molecule has 18 nitrogen and oxygen atoms in total. The molecular formula is C51H51ClF6N12O6. The summed E-state index contributed by atoms with van der Waals surface area (Å²) >= 11 is 6.03. The van der Waals surface area contributed by atoms with Crippen molar-refractivity contribution in [2.45, 2.75) is 45.0 Å². The van der Waals surface area contributed by atoms with Crippen LogP contribution in [0.1, 0.15) is 52.0 Å². The van der Waals surface area contributed by atoms with Crippen molar-refractivity contribution < 1.29 is 55.0 Å². The van der Waals surface area contributed by atoms with Gasteiger partial charge in [-0.05, 0) is 119 Å². The van der Waals surface area contributed by atoms with Crippen molar-refractivity contribution >= 4 is 81.3 Å². The van der Waals surface area contributed by atoms with E-state index in [1.165, 1.54) is 74.7 Å². The van der Waals surface area contributed by atoms with Crippen molar-refractivity contribution in [2.75, 3.05) is 84.4 Å². The van der Waals surface area contributed by atoms with Crippen molar-refractivity contribution in [2.24, 2.45) is 0 Å². The van der Waals surface area contributed by atoms with Gasteiger partial charge in [0, 0.05) is 53.5 Å². The Balaban J connectivity index is 0.000000221. The third-order valence-corrected chi connectivity index (χ3v) is 11.8. The summed E-state index contributed by atoms with van der Waals surface area (Å²) in [5.74, 6) is -3.59. The predicted octanol–water partition coefficient (Wildman–Crippen LogP) is 9.86. The Kier molecular flexibility index (Phi) is 19.0. The molecule has 2 aliphatic heterocycles. The number of carbonyl (C=O) groups is 4. The molecule has 0 spiro atoms. The zero-order valence-corrected chi connectivity index (χ0v) is 41.4. The molecule has 25 heteroatoms. The van der Waals surface area contributed by atoms with Gasteiger partial charge in [-0.1, -0.05) is 29.8 Å². The van der Waals surface area contributed by atoms with Crippen LogP contribution < -0.4 is 41.4 Å². The van der Waals surface area contributed by atoms with Crippen LogP contribution >= 0.6 is 11.6 Å². The summed E-state index contributed by atoms with van der Waals surface area (Å²) in [6.07, 6.45) is 0.322. The fraction of sp³-hybridized carbons (Fsp3) is 0.294. The molecule has 400 valence electrons. The minimum Gasteiger partial charge on any atom is -0.492 e. The van der Waals surface area contributed by atoms with E-state index in [-0.39, 0.29) is 44.8 Å². The first-order valence-corrected chi connectivity index (χ1v) is 24.1. The maximum atomic E-state index is 12.7. The number of rotatable bonds is 18. The van der Waals surface area contributed by atoms with Crippen LogP contribution in [0.2, 0.25) is 5.02 Å². The standard InChI is InChI=1S/C26H27F3N6O3.C25H24ClF3N6O3/c1-17-7-8-19(33-24(37)26(27,28)29)14-22(17)23(36)32-20-15-30-25(31-16-20)34-18-5-4-6-21(13-18)38-12-11-35-9-2-3-10-35;26-21-7-6-17(33-23(37)25(27,28)29)13-20(21)22(36)32-18-14-30-24(31-15-18)34-16-4-3-5-19(12-16)38-11-10-35-8-1-2-9-35/h4-8,13-16H,2-3,9-12H2,1H3,(H,32,36)(H,33,37)(H,30,31,34);3-7,12-15H,1-2,8-11H2,(H,32,36)(H,33,37)(H,30,31,34). The number of anilines is 8. The van der Waals surface area contributed by atoms with Crippen LogP contribution in [0.5, 0.6) is 11.5 Å². The van der Waals surface area contributed by atoms with E-state index < -0.39 is 36.0 Å². The molecule has 4 amide bonds. The number of carbonyl (C=O) groups excluding carboxylic acids is 4. The molecule has 4 heterocycles. The van der Waals surface area contributed by atoms with E-state index in [2.05, 4.69) is 51.0 Å². The van der Waals surface area contributed by atoms with E-state index in [0.717, 1.165) is 62.8 Å². The summed E-state index contributed by atoms with van der Waals surface area (Å²) < 4.78 is 86.8. The van der Waals surface area contributed by atoms with Gasteiger partial charge in [0.15, 0.2) is 0 Å². The van der Waals surface area contributed by atoms with Gasteiger partial charge in [0.05, 0.1) is 46.7 Å². The number of ether oxygens (including phenoxy) is 2. The Morgan fingerprint density at radius 2 is 0.934 bits per heavy atom. The molecule has 0 aliphatic carbocycles. The van der Waals surface area contributed by atoms with Crippen LogP contribution in [-0.4, -0.2) is 118 Å². The van der Waals surface area contributed by atoms with Gasteiger partial charge < -0.3 is 41.4 Å². The lowest BCUT2D eigenvalue weighted by Crippen LogP contribution is -2.30. The lowest BCUT2D eigenvalue weighted by atomic mass is 10.1. The van der Waals surface area contributed by atoms with Gasteiger partial charge in [0.2, 0.25) is 11.9 Å². The quantitative estimate of drug-likeness (QED) is 0.0442. The van der Waals surface area contributed by atoms with Gasteiger partial charge in [0.25, 0.3) is 11.8 Å². The minimum absolute atomic E-state index is 0.0192. The van der Waals surface area contributed by atoms with Crippen LogP contribution in [0.25, 0.3) is 0 Å². The summed E-state index contributed by atoms with van der Waals surface area (Å²) in [7, 11) is 0. The number of hydrogen-bond donors (Lipinski definition) is 6. The number of benzene rings is 4. The van der Waals surface area contributed by atoms with Crippen LogP contribution in [-0.2, 0) is 9.59 Å². The summed E-state index contributed by atoms with van der Waals surface area (Å²) in [5.41, 5.74) is 2.02. The second-order valence-electron chi connectivity index (χ2n) is 17.2. The summed E-state index contributed by atoms with van der Waals surface area (Å²) in [6, 6.07) is 22.1. The number of hydrogen-bond acceptors (Lipinski definition) is 14. The van der Waals surface area contributed by atoms with Gasteiger partial charge in [-0.3, -0.25) is 29.0 Å². The number of alkyl halides is 6. The first-order valence-electron chi connectivity index (χ1n) is 23.7. The Labute approximate surface area is 437 Å². The average molecular weight is 1080 g/mol. The van der Waals surface area contributed by atoms with Crippen molar-refractivity contribution in [3.8, 4) is 11.5 Å². The summed E-state index contributed by atoms with van der Waals surface area (Å²) in [4.78, 5) is 69.2. The molecule has 0 bridgehead atoms. The number of nitrogens with one attached hydrogen (secondary N) is 6. The van der Waals surface area contributed by atoms with E-state index in [4.69, 9.17) is 21.1 Å². The van der Waals surface area contributed by atoms with E-state index in [0.29, 0.717) is 36.2 Å². The van der Waals surface area contributed by atoms with Crippen molar-refractivity contribution in [3.63, 3.8) is 0 Å². The monoisotopic (exact) mass is 1080 g/mol. The minimum atomic E-state index is -5.07. The molecule has 0 atom stereocenters. The first-order chi connectivity index (χ1) is 36.3. The maximum Gasteiger partial charge on any atom is 0.471 e. The van der Waals surface area contributed by atoms with Crippen LogP contribution in [0.15, 0.2) is 110 Å². The van der Waals surface area contributed by atoms with Crippen molar-refractivity contribution in [3.05, 3.63) is 131 Å².